The molecule has 1 aromatic carbocycles. The molecule has 0 unspecified atom stereocenters. The summed E-state index contributed by atoms with van der Waals surface area (Å²) in [5.74, 6) is 0.492. The molecule has 0 saturated heterocycles. The Kier molecular flexibility index (Phi) is 9.73. The van der Waals surface area contributed by atoms with E-state index >= 15 is 0 Å². The van der Waals surface area contributed by atoms with Crippen molar-refractivity contribution in [2.75, 3.05) is 24.7 Å². The highest BCUT2D eigenvalue weighted by atomic mass is 32.2. The molecule has 1 aliphatic rings. The standard InChI is InChI=1S/C26H32N4O3S/c1-4-15-27-16-7-10-23-30-24(26(32)29-21-8-5-6-9-22(17-21)34-3)25(33-23)19-11-13-20(14-12-19)28-18(2)31/h6,8-9,11-14,17,27H,4-5,7,10,15-16H2,1-3H3,(H,28,31)(H,29,32). The number of thioether (sulfide) groups is 1. The number of oxazole rings is 1. The molecule has 0 fully saturated rings. The number of nitrogens with one attached hydrogen (secondary N) is 3. The van der Waals surface area contributed by atoms with Crippen molar-refractivity contribution in [3.8, 4) is 11.3 Å². The summed E-state index contributed by atoms with van der Waals surface area (Å²) in [5, 5.41) is 9.10. The normalized spacial score (nSPS) is 13.1. The number of rotatable bonds is 11. The Labute approximate surface area is 205 Å². The maximum Gasteiger partial charge on any atom is 0.278 e. The first-order chi connectivity index (χ1) is 16.5. The monoisotopic (exact) mass is 480 g/mol. The fourth-order valence-electron chi connectivity index (χ4n) is 3.44. The molecule has 0 saturated carbocycles. The lowest BCUT2D eigenvalue weighted by Crippen LogP contribution is -2.23. The molecule has 3 N–H and O–H groups in total. The molecule has 1 aromatic heterocycles. The lowest BCUT2D eigenvalue weighted by Gasteiger charge is -2.07. The molecule has 1 aliphatic carbocycles. The topological polar surface area (TPSA) is 96.3 Å². The van der Waals surface area contributed by atoms with Crippen molar-refractivity contribution >= 4 is 29.3 Å². The minimum Gasteiger partial charge on any atom is -0.440 e. The average molecular weight is 481 g/mol. The van der Waals surface area contributed by atoms with Gasteiger partial charge in [-0.2, -0.15) is 0 Å². The van der Waals surface area contributed by atoms with Gasteiger partial charge in [0.1, 0.15) is 0 Å². The van der Waals surface area contributed by atoms with Gasteiger partial charge in [-0.3, -0.25) is 9.59 Å². The predicted octanol–water partition coefficient (Wildman–Crippen LogP) is 5.05. The molecule has 180 valence electrons. The third kappa shape index (κ3) is 7.46. The van der Waals surface area contributed by atoms with Crippen LogP contribution >= 0.6 is 11.8 Å². The van der Waals surface area contributed by atoms with Crippen LogP contribution < -0.4 is 16.0 Å². The van der Waals surface area contributed by atoms with Crippen LogP contribution in [0.3, 0.4) is 0 Å². The molecule has 1 heterocycles. The molecule has 2 aromatic rings. The van der Waals surface area contributed by atoms with Crippen LogP contribution in [0.4, 0.5) is 5.69 Å². The van der Waals surface area contributed by atoms with Crippen molar-refractivity contribution in [2.45, 2.75) is 39.5 Å². The Morgan fingerprint density at radius 1 is 1.15 bits per heavy atom. The van der Waals surface area contributed by atoms with Gasteiger partial charge in [0.05, 0.1) is 0 Å². The molecule has 8 heteroatoms. The number of hydrogen-bond acceptors (Lipinski definition) is 6. The first-order valence-electron chi connectivity index (χ1n) is 11.5. The largest absolute Gasteiger partial charge is 0.440 e. The maximum absolute atomic E-state index is 13.3. The van der Waals surface area contributed by atoms with Crippen LogP contribution in [0.1, 0.15) is 49.5 Å². The Bertz CT molecular complexity index is 1080. The first kappa shape index (κ1) is 25.5. The first-order valence-corrected chi connectivity index (χ1v) is 12.7. The molecule has 0 spiro atoms. The van der Waals surface area contributed by atoms with E-state index in [1.165, 1.54) is 6.92 Å². The second-order valence-corrected chi connectivity index (χ2v) is 8.78. The van der Waals surface area contributed by atoms with Crippen LogP contribution in [-0.4, -0.2) is 36.1 Å². The Balaban J connectivity index is 1.84. The van der Waals surface area contributed by atoms with Gasteiger partial charge in [-0.25, -0.2) is 4.98 Å². The van der Waals surface area contributed by atoms with E-state index in [4.69, 9.17) is 4.42 Å². The van der Waals surface area contributed by atoms with Gasteiger partial charge in [-0.1, -0.05) is 25.2 Å². The average Bonchev–Trinajstić information content (AvgIpc) is 3.11. The van der Waals surface area contributed by atoms with Crippen molar-refractivity contribution < 1.29 is 14.0 Å². The van der Waals surface area contributed by atoms with Crippen LogP contribution in [0.25, 0.3) is 11.3 Å². The molecule has 34 heavy (non-hydrogen) atoms. The summed E-state index contributed by atoms with van der Waals surface area (Å²) < 4.78 is 6.07. The molecule has 0 aliphatic heterocycles. The Morgan fingerprint density at radius 3 is 2.65 bits per heavy atom. The fourth-order valence-corrected chi connectivity index (χ4v) is 3.92. The van der Waals surface area contributed by atoms with Gasteiger partial charge in [0.15, 0.2) is 17.3 Å². The van der Waals surface area contributed by atoms with Gasteiger partial charge < -0.3 is 20.4 Å². The fraction of sp³-hybridized carbons (Fsp3) is 0.346. The number of hydrogen-bond donors (Lipinski definition) is 3. The smallest absolute Gasteiger partial charge is 0.278 e. The summed E-state index contributed by atoms with van der Waals surface area (Å²) in [6.45, 7) is 5.43. The van der Waals surface area contributed by atoms with Crippen LogP contribution in [0.2, 0.25) is 0 Å². The number of amides is 2. The van der Waals surface area contributed by atoms with E-state index in [1.54, 1.807) is 23.9 Å². The van der Waals surface area contributed by atoms with Gasteiger partial charge in [0.25, 0.3) is 5.91 Å². The third-order valence-electron chi connectivity index (χ3n) is 5.07. The van der Waals surface area contributed by atoms with Gasteiger partial charge in [0.2, 0.25) is 5.91 Å². The number of benzene rings is 1. The summed E-state index contributed by atoms with van der Waals surface area (Å²) >= 11 is 1.62. The van der Waals surface area contributed by atoms with Gasteiger partial charge in [-0.15, -0.1) is 11.8 Å². The number of carbonyl (C=O) groups is 2. The molecule has 2 amide bonds. The van der Waals surface area contributed by atoms with Crippen molar-refractivity contribution in [1.29, 1.82) is 0 Å². The number of allylic oxidation sites excluding steroid dienone is 4. The number of anilines is 1. The van der Waals surface area contributed by atoms with Gasteiger partial charge in [-0.05, 0) is 68.9 Å². The number of carbonyl (C=O) groups excluding carboxylic acids is 2. The predicted molar refractivity (Wildman–Crippen MR) is 139 cm³/mol. The summed E-state index contributed by atoms with van der Waals surface area (Å²) in [5.41, 5.74) is 2.38. The van der Waals surface area contributed by atoms with Gasteiger partial charge >= 0.3 is 0 Å². The SMILES string of the molecule is CCCNCCCc1nc(C(=O)NC2=CCC=CC(SC)=C2)c(-c2ccc(NC(C)=O)cc2)o1. The van der Waals surface area contributed by atoms with Gasteiger partial charge in [0, 0.05) is 35.2 Å². The van der Waals surface area contributed by atoms with E-state index in [9.17, 15) is 9.59 Å². The molecule has 3 rings (SSSR count). The van der Waals surface area contributed by atoms with E-state index in [2.05, 4.69) is 33.9 Å². The second kappa shape index (κ2) is 13.0. The zero-order chi connectivity index (χ0) is 24.3. The number of aromatic nitrogens is 1. The lowest BCUT2D eigenvalue weighted by molar-refractivity contribution is -0.114. The maximum atomic E-state index is 13.3. The highest BCUT2D eigenvalue weighted by Crippen LogP contribution is 2.28. The molecule has 0 atom stereocenters. The Morgan fingerprint density at radius 2 is 1.94 bits per heavy atom. The molecular weight excluding hydrogens is 448 g/mol. The van der Waals surface area contributed by atoms with Crippen LogP contribution in [0.15, 0.2) is 63.6 Å². The minimum atomic E-state index is -0.315. The number of nitrogens with zero attached hydrogens (tertiary/aromatic N) is 1. The third-order valence-corrected chi connectivity index (χ3v) is 5.80. The zero-order valence-corrected chi connectivity index (χ0v) is 20.8. The zero-order valence-electron chi connectivity index (χ0n) is 19.9. The molecule has 7 nitrogen and oxygen atoms in total. The van der Waals surface area contributed by atoms with E-state index in [-0.39, 0.29) is 17.5 Å². The quantitative estimate of drug-likeness (QED) is 0.389. The molecular formula is C26H32N4O3S. The summed E-state index contributed by atoms with van der Waals surface area (Å²) in [4.78, 5) is 30.2. The molecule has 0 radical (unpaired) electrons. The van der Waals surface area contributed by atoms with E-state index in [0.717, 1.165) is 48.5 Å². The number of aryl methyl sites for hydroxylation is 1. The highest BCUT2D eigenvalue weighted by molar-refractivity contribution is 8.02. The van der Waals surface area contributed by atoms with Crippen molar-refractivity contribution in [2.24, 2.45) is 0 Å². The summed E-state index contributed by atoms with van der Waals surface area (Å²) in [6, 6.07) is 7.19. The van der Waals surface area contributed by atoms with Crippen molar-refractivity contribution in [3.05, 3.63) is 70.8 Å². The second-order valence-electron chi connectivity index (χ2n) is 7.90. The van der Waals surface area contributed by atoms with Crippen LogP contribution in [0.5, 0.6) is 0 Å². The highest BCUT2D eigenvalue weighted by Gasteiger charge is 2.22. The Hall–Kier alpha value is -3.10. The van der Waals surface area contributed by atoms with E-state index in [0.29, 0.717) is 23.8 Å². The van der Waals surface area contributed by atoms with Crippen LogP contribution in [0, 0.1) is 0 Å². The van der Waals surface area contributed by atoms with E-state index < -0.39 is 0 Å². The van der Waals surface area contributed by atoms with E-state index in [1.807, 2.05) is 36.6 Å². The van der Waals surface area contributed by atoms with Crippen molar-refractivity contribution in [3.63, 3.8) is 0 Å². The minimum absolute atomic E-state index is 0.143. The summed E-state index contributed by atoms with van der Waals surface area (Å²) in [7, 11) is 0. The summed E-state index contributed by atoms with van der Waals surface area (Å²) in [6.07, 6.45) is 13.3. The lowest BCUT2D eigenvalue weighted by atomic mass is 10.1. The van der Waals surface area contributed by atoms with Crippen molar-refractivity contribution in [1.82, 2.24) is 15.6 Å². The van der Waals surface area contributed by atoms with Crippen LogP contribution in [-0.2, 0) is 11.2 Å². The molecule has 0 bridgehead atoms.